The molecule has 0 unspecified atom stereocenters. The van der Waals surface area contributed by atoms with Crippen molar-refractivity contribution in [1.82, 2.24) is 0 Å². The van der Waals surface area contributed by atoms with Crippen LogP contribution in [0.15, 0.2) is 16.6 Å². The molecule has 0 aliphatic carbocycles. The molecule has 0 aliphatic rings. The summed E-state index contributed by atoms with van der Waals surface area (Å²) in [6.45, 7) is 1.83. The normalized spacial score (nSPS) is 9.47. The van der Waals surface area contributed by atoms with Crippen LogP contribution in [0.5, 0.6) is 0 Å². The first-order valence-electron chi connectivity index (χ1n) is 4.57. The lowest BCUT2D eigenvalue weighted by molar-refractivity contribution is -0.385. The third-order valence-electron chi connectivity index (χ3n) is 1.92. The van der Waals surface area contributed by atoms with Crippen molar-refractivity contribution >= 4 is 27.6 Å². The lowest BCUT2D eigenvalue weighted by Crippen LogP contribution is -2.07. The van der Waals surface area contributed by atoms with Gasteiger partial charge in [-0.15, -0.1) is 0 Å². The number of carbonyl (C=O) groups excluding carboxylic acids is 1. The van der Waals surface area contributed by atoms with Crippen LogP contribution in [-0.2, 0) is 4.74 Å². The molecule has 0 N–H and O–H groups in total. The summed E-state index contributed by atoms with van der Waals surface area (Å²) in [7, 11) is 0. The van der Waals surface area contributed by atoms with Crippen LogP contribution in [0.4, 0.5) is 5.69 Å². The Kier molecular flexibility index (Phi) is 4.17. The maximum Gasteiger partial charge on any atom is 0.339 e. The summed E-state index contributed by atoms with van der Waals surface area (Å²) in [6, 6.07) is 4.04. The fourth-order valence-electron chi connectivity index (χ4n) is 1.19. The van der Waals surface area contributed by atoms with E-state index in [0.29, 0.717) is 0 Å². The van der Waals surface area contributed by atoms with Gasteiger partial charge in [-0.05, 0) is 28.9 Å². The molecule has 0 saturated heterocycles. The molecule has 6 nitrogen and oxygen atoms in total. The zero-order valence-electron chi connectivity index (χ0n) is 8.77. The summed E-state index contributed by atoms with van der Waals surface area (Å²) in [5, 5.41) is 19.5. The average Bonchev–Trinajstić information content (AvgIpc) is 2.28. The van der Waals surface area contributed by atoms with E-state index in [1.54, 1.807) is 13.0 Å². The van der Waals surface area contributed by atoms with Crippen LogP contribution in [0, 0.1) is 21.4 Å². The Labute approximate surface area is 105 Å². The molecule has 1 aromatic carbocycles. The Morgan fingerprint density at radius 1 is 1.65 bits per heavy atom. The molecular formula is C10H7BrN2O4. The van der Waals surface area contributed by atoms with Crippen LogP contribution in [0.3, 0.4) is 0 Å². The second-order valence-corrected chi connectivity index (χ2v) is 3.70. The molecule has 0 radical (unpaired) electrons. The quantitative estimate of drug-likeness (QED) is 0.485. The number of carbonyl (C=O) groups is 1. The third-order valence-corrected chi connectivity index (χ3v) is 2.75. The van der Waals surface area contributed by atoms with E-state index in [-0.39, 0.29) is 27.9 Å². The van der Waals surface area contributed by atoms with E-state index in [4.69, 9.17) is 10.00 Å². The van der Waals surface area contributed by atoms with Gasteiger partial charge in [0.15, 0.2) is 0 Å². The minimum atomic E-state index is -0.682. The summed E-state index contributed by atoms with van der Waals surface area (Å²) in [5.41, 5.74) is -0.457. The molecule has 0 atom stereocenters. The van der Waals surface area contributed by atoms with Crippen molar-refractivity contribution in [3.63, 3.8) is 0 Å². The van der Waals surface area contributed by atoms with Gasteiger partial charge in [0.2, 0.25) is 0 Å². The topological polar surface area (TPSA) is 93.2 Å². The molecular weight excluding hydrogens is 292 g/mol. The number of halogens is 1. The fraction of sp³-hybridized carbons (Fsp3) is 0.200. The van der Waals surface area contributed by atoms with Crippen molar-refractivity contribution < 1.29 is 14.5 Å². The van der Waals surface area contributed by atoms with Gasteiger partial charge in [0.05, 0.1) is 21.6 Å². The van der Waals surface area contributed by atoms with Crippen molar-refractivity contribution in [2.45, 2.75) is 6.92 Å². The molecule has 1 aromatic rings. The molecule has 0 aliphatic heterocycles. The van der Waals surface area contributed by atoms with E-state index in [2.05, 4.69) is 15.9 Å². The minimum Gasteiger partial charge on any atom is -0.462 e. The van der Waals surface area contributed by atoms with Crippen molar-refractivity contribution in [3.05, 3.63) is 37.8 Å². The highest BCUT2D eigenvalue weighted by Crippen LogP contribution is 2.29. The number of nitro benzene ring substituents is 1. The monoisotopic (exact) mass is 298 g/mol. The third kappa shape index (κ3) is 2.60. The first kappa shape index (κ1) is 13.1. The highest BCUT2D eigenvalue weighted by atomic mass is 79.9. The molecule has 17 heavy (non-hydrogen) atoms. The molecule has 0 aromatic heterocycles. The van der Waals surface area contributed by atoms with E-state index in [1.807, 2.05) is 0 Å². The van der Waals surface area contributed by atoms with E-state index in [9.17, 15) is 14.9 Å². The molecule has 0 heterocycles. The molecule has 0 saturated carbocycles. The van der Waals surface area contributed by atoms with Crippen LogP contribution >= 0.6 is 15.9 Å². The van der Waals surface area contributed by atoms with Gasteiger partial charge < -0.3 is 4.74 Å². The Morgan fingerprint density at radius 3 is 2.76 bits per heavy atom. The smallest absolute Gasteiger partial charge is 0.339 e. The second-order valence-electron chi connectivity index (χ2n) is 2.91. The Morgan fingerprint density at radius 2 is 2.29 bits per heavy atom. The Balaban J connectivity index is 3.36. The number of nitriles is 1. The number of nitro groups is 1. The van der Waals surface area contributed by atoms with Crippen molar-refractivity contribution in [2.24, 2.45) is 0 Å². The lowest BCUT2D eigenvalue weighted by atomic mass is 10.1. The minimum absolute atomic E-state index is 0.0765. The van der Waals surface area contributed by atoms with E-state index in [0.717, 1.165) is 6.07 Å². The summed E-state index contributed by atoms with van der Waals surface area (Å²) in [6.07, 6.45) is 0. The first-order chi connectivity index (χ1) is 8.02. The lowest BCUT2D eigenvalue weighted by Gasteiger charge is -2.05. The molecule has 88 valence electrons. The molecule has 0 amide bonds. The van der Waals surface area contributed by atoms with Gasteiger partial charge in [-0.2, -0.15) is 5.26 Å². The van der Waals surface area contributed by atoms with Gasteiger partial charge in [-0.1, -0.05) is 0 Å². The number of hydrogen-bond donors (Lipinski definition) is 0. The first-order valence-corrected chi connectivity index (χ1v) is 5.36. The highest BCUT2D eigenvalue weighted by Gasteiger charge is 2.22. The van der Waals surface area contributed by atoms with Gasteiger partial charge in [-0.3, -0.25) is 10.1 Å². The molecule has 1 rings (SSSR count). The molecule has 0 fully saturated rings. The van der Waals surface area contributed by atoms with Crippen LogP contribution in [-0.4, -0.2) is 17.5 Å². The van der Waals surface area contributed by atoms with Gasteiger partial charge in [0.25, 0.3) is 5.69 Å². The number of hydrogen-bond acceptors (Lipinski definition) is 5. The second kappa shape index (κ2) is 5.41. The zero-order chi connectivity index (χ0) is 13.0. The SMILES string of the molecule is CCOC(=O)c1ccc([N+](=O)[O-])c(C#N)c1Br. The predicted molar refractivity (Wildman–Crippen MR) is 61.5 cm³/mol. The van der Waals surface area contributed by atoms with E-state index >= 15 is 0 Å². The van der Waals surface area contributed by atoms with Gasteiger partial charge in [-0.25, -0.2) is 4.79 Å². The van der Waals surface area contributed by atoms with E-state index < -0.39 is 10.9 Å². The van der Waals surface area contributed by atoms with Crippen molar-refractivity contribution in [2.75, 3.05) is 6.61 Å². The number of nitrogens with zero attached hydrogens (tertiary/aromatic N) is 2. The summed E-state index contributed by atoms with van der Waals surface area (Å²) >= 11 is 3.00. The fourth-order valence-corrected chi connectivity index (χ4v) is 1.78. The molecule has 0 bridgehead atoms. The molecule has 0 spiro atoms. The standard InChI is InChI=1S/C10H7BrN2O4/c1-2-17-10(14)6-3-4-8(13(15)16)7(5-12)9(6)11/h3-4H,2H2,1H3. The highest BCUT2D eigenvalue weighted by molar-refractivity contribution is 9.10. The van der Waals surface area contributed by atoms with Gasteiger partial charge in [0.1, 0.15) is 11.6 Å². The van der Waals surface area contributed by atoms with E-state index in [1.165, 1.54) is 6.07 Å². The van der Waals surface area contributed by atoms with Crippen LogP contribution in [0.1, 0.15) is 22.8 Å². The van der Waals surface area contributed by atoms with Gasteiger partial charge in [0, 0.05) is 6.07 Å². The van der Waals surface area contributed by atoms with Crippen LogP contribution < -0.4 is 0 Å². The number of esters is 1. The number of rotatable bonds is 3. The van der Waals surface area contributed by atoms with Crippen molar-refractivity contribution in [1.29, 1.82) is 5.26 Å². The summed E-state index contributed by atoms with van der Waals surface area (Å²) < 4.78 is 4.84. The maximum absolute atomic E-state index is 11.5. The van der Waals surface area contributed by atoms with Gasteiger partial charge >= 0.3 is 5.97 Å². The number of benzene rings is 1. The van der Waals surface area contributed by atoms with Crippen LogP contribution in [0.2, 0.25) is 0 Å². The zero-order valence-corrected chi connectivity index (χ0v) is 10.4. The van der Waals surface area contributed by atoms with Crippen LogP contribution in [0.25, 0.3) is 0 Å². The maximum atomic E-state index is 11.5. The predicted octanol–water partition coefficient (Wildman–Crippen LogP) is 2.41. The summed E-state index contributed by atoms with van der Waals surface area (Å²) in [4.78, 5) is 21.5. The Hall–Kier alpha value is -1.94. The van der Waals surface area contributed by atoms with Crippen molar-refractivity contribution in [3.8, 4) is 6.07 Å². The largest absolute Gasteiger partial charge is 0.462 e. The molecule has 7 heteroatoms. The number of ether oxygens (including phenoxy) is 1. The summed E-state index contributed by atoms with van der Waals surface area (Å²) in [5.74, 6) is -0.634. The average molecular weight is 299 g/mol. The Bertz CT molecular complexity index is 522.